The van der Waals surface area contributed by atoms with Crippen molar-refractivity contribution in [1.29, 1.82) is 0 Å². The maximum atomic E-state index is 12.1. The molecule has 2 aliphatic heterocycles. The Morgan fingerprint density at radius 3 is 3.10 bits per heavy atom. The molecule has 1 atom stereocenters. The number of nitrogens with one attached hydrogen (secondary N) is 1. The van der Waals surface area contributed by atoms with Crippen molar-refractivity contribution < 1.29 is 14.3 Å². The van der Waals surface area contributed by atoms with Crippen LogP contribution in [0.4, 0.5) is 0 Å². The van der Waals surface area contributed by atoms with Gasteiger partial charge in [-0.05, 0) is 30.7 Å². The molecule has 5 nitrogen and oxygen atoms in total. The molecule has 20 heavy (non-hydrogen) atoms. The number of piperazine rings is 1. The zero-order chi connectivity index (χ0) is 13.9. The van der Waals surface area contributed by atoms with Gasteiger partial charge in [0.15, 0.2) is 11.5 Å². The second-order valence-corrected chi connectivity index (χ2v) is 5.09. The first kappa shape index (κ1) is 13.0. The summed E-state index contributed by atoms with van der Waals surface area (Å²) in [5, 5.41) is 3.32. The number of hydrogen-bond donors (Lipinski definition) is 1. The van der Waals surface area contributed by atoms with Crippen LogP contribution >= 0.6 is 0 Å². The highest BCUT2D eigenvalue weighted by atomic mass is 16.7. The number of carbonyl (C=O) groups excluding carboxylic acids is 1. The smallest absolute Gasteiger partial charge is 0.246 e. The number of hydrogen-bond acceptors (Lipinski definition) is 4. The van der Waals surface area contributed by atoms with E-state index in [9.17, 15) is 4.79 Å². The van der Waals surface area contributed by atoms with Gasteiger partial charge in [-0.3, -0.25) is 4.79 Å². The lowest BCUT2D eigenvalue weighted by Gasteiger charge is -2.31. The highest BCUT2D eigenvalue weighted by Gasteiger charge is 2.18. The maximum Gasteiger partial charge on any atom is 0.246 e. The molecular weight excluding hydrogens is 256 g/mol. The van der Waals surface area contributed by atoms with Gasteiger partial charge >= 0.3 is 0 Å². The van der Waals surface area contributed by atoms with Gasteiger partial charge in [-0.2, -0.15) is 0 Å². The van der Waals surface area contributed by atoms with Gasteiger partial charge in [0.1, 0.15) is 0 Å². The fourth-order valence-corrected chi connectivity index (χ4v) is 2.42. The number of nitrogens with zero attached hydrogens (tertiary/aromatic N) is 1. The molecule has 5 heteroatoms. The predicted octanol–water partition coefficient (Wildman–Crippen LogP) is 1.25. The van der Waals surface area contributed by atoms with Crippen molar-refractivity contribution in [3.05, 3.63) is 29.8 Å². The minimum Gasteiger partial charge on any atom is -0.454 e. The second-order valence-electron chi connectivity index (χ2n) is 5.09. The molecule has 0 radical (unpaired) electrons. The van der Waals surface area contributed by atoms with Gasteiger partial charge in [0.2, 0.25) is 12.7 Å². The molecule has 1 aromatic rings. The number of benzene rings is 1. The largest absolute Gasteiger partial charge is 0.454 e. The van der Waals surface area contributed by atoms with Crippen LogP contribution in [0.15, 0.2) is 24.3 Å². The molecule has 0 bridgehead atoms. The average molecular weight is 274 g/mol. The third kappa shape index (κ3) is 2.77. The summed E-state index contributed by atoms with van der Waals surface area (Å²) in [4.78, 5) is 14.0. The molecule has 3 rings (SSSR count). The number of carbonyl (C=O) groups is 1. The molecule has 2 aliphatic rings. The summed E-state index contributed by atoms with van der Waals surface area (Å²) in [6.45, 7) is 4.71. The Balaban J connectivity index is 1.66. The third-order valence-electron chi connectivity index (χ3n) is 3.50. The van der Waals surface area contributed by atoms with Crippen molar-refractivity contribution in [3.8, 4) is 11.5 Å². The van der Waals surface area contributed by atoms with E-state index in [0.29, 0.717) is 6.04 Å². The molecule has 2 heterocycles. The molecule has 1 N–H and O–H groups in total. The number of fused-ring (bicyclic) bond motifs is 1. The number of ether oxygens (including phenoxy) is 2. The van der Waals surface area contributed by atoms with Crippen LogP contribution in [0.2, 0.25) is 0 Å². The minimum atomic E-state index is 0.0519. The highest BCUT2D eigenvalue weighted by molar-refractivity contribution is 5.92. The van der Waals surface area contributed by atoms with Crippen molar-refractivity contribution in [1.82, 2.24) is 10.2 Å². The van der Waals surface area contributed by atoms with Crippen LogP contribution in [0.1, 0.15) is 12.5 Å². The first-order valence-electron chi connectivity index (χ1n) is 6.82. The van der Waals surface area contributed by atoms with Crippen LogP contribution < -0.4 is 14.8 Å². The van der Waals surface area contributed by atoms with E-state index in [0.717, 1.165) is 36.7 Å². The van der Waals surface area contributed by atoms with E-state index in [4.69, 9.17) is 9.47 Å². The van der Waals surface area contributed by atoms with Gasteiger partial charge in [0.05, 0.1) is 0 Å². The molecule has 0 unspecified atom stereocenters. The lowest BCUT2D eigenvalue weighted by Crippen LogP contribution is -2.50. The fraction of sp³-hybridized carbons (Fsp3) is 0.400. The van der Waals surface area contributed by atoms with Crippen molar-refractivity contribution in [2.75, 3.05) is 26.4 Å². The van der Waals surface area contributed by atoms with E-state index in [1.54, 1.807) is 6.08 Å². The van der Waals surface area contributed by atoms with E-state index in [1.165, 1.54) is 0 Å². The maximum absolute atomic E-state index is 12.1. The van der Waals surface area contributed by atoms with Gasteiger partial charge in [0.25, 0.3) is 0 Å². The summed E-state index contributed by atoms with van der Waals surface area (Å²) in [5.74, 6) is 1.54. The lowest BCUT2D eigenvalue weighted by atomic mass is 10.1. The molecule has 1 amide bonds. The van der Waals surface area contributed by atoms with Crippen LogP contribution in [0, 0.1) is 0 Å². The number of amides is 1. The quantitative estimate of drug-likeness (QED) is 0.825. The Morgan fingerprint density at radius 2 is 2.25 bits per heavy atom. The van der Waals surface area contributed by atoms with Crippen LogP contribution in [0.25, 0.3) is 6.08 Å². The van der Waals surface area contributed by atoms with E-state index in [2.05, 4.69) is 12.2 Å². The molecule has 1 fully saturated rings. The van der Waals surface area contributed by atoms with Crippen LogP contribution in [0.3, 0.4) is 0 Å². The van der Waals surface area contributed by atoms with Gasteiger partial charge in [-0.1, -0.05) is 6.07 Å². The van der Waals surface area contributed by atoms with Crippen LogP contribution in [-0.4, -0.2) is 43.3 Å². The first-order chi connectivity index (χ1) is 9.72. The standard InChI is InChI=1S/C15H18N2O3/c1-11-9-17(7-6-16-11)15(18)5-3-12-2-4-13-14(8-12)20-10-19-13/h2-5,8,11,16H,6-7,9-10H2,1H3/b5-3+/t11-/m0/s1. The summed E-state index contributed by atoms with van der Waals surface area (Å²) in [5.41, 5.74) is 0.936. The van der Waals surface area contributed by atoms with E-state index < -0.39 is 0 Å². The zero-order valence-corrected chi connectivity index (χ0v) is 11.5. The molecule has 1 aromatic carbocycles. The predicted molar refractivity (Wildman–Crippen MR) is 75.6 cm³/mol. The fourth-order valence-electron chi connectivity index (χ4n) is 2.42. The second kappa shape index (κ2) is 5.54. The van der Waals surface area contributed by atoms with Crippen LogP contribution in [0.5, 0.6) is 11.5 Å². The number of rotatable bonds is 2. The normalized spacial score (nSPS) is 21.4. The third-order valence-corrected chi connectivity index (χ3v) is 3.50. The topological polar surface area (TPSA) is 50.8 Å². The SMILES string of the molecule is C[C@H]1CN(C(=O)/C=C/c2ccc3c(c2)OCO3)CCN1. The first-order valence-corrected chi connectivity index (χ1v) is 6.82. The van der Waals surface area contributed by atoms with Gasteiger partial charge < -0.3 is 19.7 Å². The Kier molecular flexibility index (Phi) is 3.60. The summed E-state index contributed by atoms with van der Waals surface area (Å²) >= 11 is 0. The minimum absolute atomic E-state index is 0.0519. The Labute approximate surface area is 118 Å². The molecule has 1 saturated heterocycles. The van der Waals surface area contributed by atoms with Crippen molar-refractivity contribution in [3.63, 3.8) is 0 Å². The average Bonchev–Trinajstić information content (AvgIpc) is 2.92. The van der Waals surface area contributed by atoms with Crippen molar-refractivity contribution in [2.45, 2.75) is 13.0 Å². The van der Waals surface area contributed by atoms with E-state index in [-0.39, 0.29) is 12.7 Å². The highest BCUT2D eigenvalue weighted by Crippen LogP contribution is 2.32. The Morgan fingerprint density at radius 1 is 1.40 bits per heavy atom. The molecule has 0 spiro atoms. The van der Waals surface area contributed by atoms with E-state index >= 15 is 0 Å². The van der Waals surface area contributed by atoms with Crippen molar-refractivity contribution >= 4 is 12.0 Å². The monoisotopic (exact) mass is 274 g/mol. The van der Waals surface area contributed by atoms with Crippen molar-refractivity contribution in [2.24, 2.45) is 0 Å². The molecule has 0 aliphatic carbocycles. The van der Waals surface area contributed by atoms with Gasteiger partial charge in [-0.15, -0.1) is 0 Å². The molecule has 0 aromatic heterocycles. The van der Waals surface area contributed by atoms with Gasteiger partial charge in [-0.25, -0.2) is 0 Å². The molecule has 106 valence electrons. The van der Waals surface area contributed by atoms with E-state index in [1.807, 2.05) is 29.2 Å². The molecular formula is C15H18N2O3. The zero-order valence-electron chi connectivity index (χ0n) is 11.5. The Bertz CT molecular complexity index is 542. The summed E-state index contributed by atoms with van der Waals surface area (Å²) in [6.07, 6.45) is 3.44. The molecule has 0 saturated carbocycles. The summed E-state index contributed by atoms with van der Waals surface area (Å²) < 4.78 is 10.6. The summed E-state index contributed by atoms with van der Waals surface area (Å²) in [7, 11) is 0. The summed E-state index contributed by atoms with van der Waals surface area (Å²) in [6, 6.07) is 6.01. The Hall–Kier alpha value is -2.01. The lowest BCUT2D eigenvalue weighted by molar-refractivity contribution is -0.127. The van der Waals surface area contributed by atoms with Gasteiger partial charge in [0, 0.05) is 31.8 Å². The van der Waals surface area contributed by atoms with Crippen LogP contribution in [-0.2, 0) is 4.79 Å².